The summed E-state index contributed by atoms with van der Waals surface area (Å²) >= 11 is 0. The number of hydrogen-bond donors (Lipinski definition) is 0. The lowest BCUT2D eigenvalue weighted by Crippen LogP contribution is -2.25. The van der Waals surface area contributed by atoms with Gasteiger partial charge in [0.15, 0.2) is 0 Å². The average molecular weight is 222 g/mol. The van der Waals surface area contributed by atoms with Gasteiger partial charge in [-0.3, -0.25) is 0 Å². The van der Waals surface area contributed by atoms with Crippen molar-refractivity contribution in [1.82, 2.24) is 0 Å². The Hall–Kier alpha value is -1.13. The summed E-state index contributed by atoms with van der Waals surface area (Å²) < 4.78 is 33.1. The van der Waals surface area contributed by atoms with E-state index in [0.717, 1.165) is 0 Å². The van der Waals surface area contributed by atoms with Gasteiger partial charge in [-0.2, -0.15) is 0 Å². The van der Waals surface area contributed by atoms with Crippen LogP contribution in [0.15, 0.2) is 12.2 Å². The molecular weight excluding hydrogens is 206 g/mol. The van der Waals surface area contributed by atoms with Crippen molar-refractivity contribution >= 4 is 6.16 Å². The van der Waals surface area contributed by atoms with Gasteiger partial charge in [0.05, 0.1) is 0 Å². The zero-order valence-electron chi connectivity index (χ0n) is 9.18. The molecular formula is C10H16F2O3. The normalized spacial score (nSPS) is 11.3. The quantitative estimate of drug-likeness (QED) is 0.541. The third-order valence-corrected chi connectivity index (χ3v) is 1.23. The summed E-state index contributed by atoms with van der Waals surface area (Å²) in [6.45, 7) is 8.16. The second-order valence-corrected chi connectivity index (χ2v) is 4.10. The molecule has 15 heavy (non-hydrogen) atoms. The lowest BCUT2D eigenvalue weighted by atomic mass is 10.2. The summed E-state index contributed by atoms with van der Waals surface area (Å²) in [6, 6.07) is 0. The highest BCUT2D eigenvalue weighted by Crippen LogP contribution is 2.11. The second-order valence-electron chi connectivity index (χ2n) is 4.10. The maximum Gasteiger partial charge on any atom is 0.509 e. The van der Waals surface area contributed by atoms with Crippen LogP contribution in [0.1, 0.15) is 27.2 Å². The van der Waals surface area contributed by atoms with Crippen LogP contribution in [0.25, 0.3) is 0 Å². The Kier molecular flexibility index (Phi) is 5.25. The van der Waals surface area contributed by atoms with Crippen molar-refractivity contribution < 1.29 is 23.0 Å². The molecule has 0 N–H and O–H groups in total. The van der Waals surface area contributed by atoms with Crippen LogP contribution >= 0.6 is 0 Å². The molecule has 0 amide bonds. The van der Waals surface area contributed by atoms with Gasteiger partial charge in [0.1, 0.15) is 12.2 Å². The van der Waals surface area contributed by atoms with Crippen molar-refractivity contribution in [1.29, 1.82) is 0 Å². The molecule has 0 aromatic rings. The van der Waals surface area contributed by atoms with Gasteiger partial charge in [-0.1, -0.05) is 6.58 Å². The fourth-order valence-corrected chi connectivity index (χ4v) is 0.718. The van der Waals surface area contributed by atoms with Gasteiger partial charge < -0.3 is 9.47 Å². The predicted octanol–water partition coefficient (Wildman–Crippen LogP) is 3.15. The third-order valence-electron chi connectivity index (χ3n) is 1.23. The van der Waals surface area contributed by atoms with E-state index < -0.39 is 24.6 Å². The summed E-state index contributed by atoms with van der Waals surface area (Å²) in [5.41, 5.74) is -0.489. The molecule has 0 aromatic heterocycles. The largest absolute Gasteiger partial charge is 0.509 e. The molecule has 0 heterocycles. The van der Waals surface area contributed by atoms with Crippen molar-refractivity contribution in [3.8, 4) is 0 Å². The van der Waals surface area contributed by atoms with Gasteiger partial charge in [-0.25, -0.2) is 13.6 Å². The first kappa shape index (κ1) is 13.9. The molecule has 0 rings (SSSR count). The van der Waals surface area contributed by atoms with Crippen molar-refractivity contribution in [2.24, 2.45) is 0 Å². The summed E-state index contributed by atoms with van der Waals surface area (Å²) in [5.74, 6) is 0. The van der Waals surface area contributed by atoms with E-state index in [2.05, 4.69) is 11.3 Å². The van der Waals surface area contributed by atoms with Crippen LogP contribution in [0.4, 0.5) is 13.6 Å². The number of halogens is 2. The molecule has 0 aliphatic rings. The molecule has 0 spiro atoms. The van der Waals surface area contributed by atoms with E-state index in [1.54, 1.807) is 20.8 Å². The summed E-state index contributed by atoms with van der Waals surface area (Å²) in [6.07, 6.45) is -3.82. The highest BCUT2D eigenvalue weighted by Gasteiger charge is 2.17. The minimum Gasteiger partial charge on any atom is -0.430 e. The monoisotopic (exact) mass is 222 g/mol. The molecule has 0 aromatic carbocycles. The van der Waals surface area contributed by atoms with Crippen LogP contribution in [0.3, 0.4) is 0 Å². The van der Waals surface area contributed by atoms with Crippen molar-refractivity contribution in [2.45, 2.75) is 39.2 Å². The molecule has 0 fully saturated rings. The van der Waals surface area contributed by atoms with Crippen LogP contribution in [-0.2, 0) is 9.47 Å². The Labute approximate surface area is 88.1 Å². The van der Waals surface area contributed by atoms with Crippen LogP contribution in [0, 0.1) is 0 Å². The van der Waals surface area contributed by atoms with E-state index in [1.807, 2.05) is 0 Å². The summed E-state index contributed by atoms with van der Waals surface area (Å²) in [7, 11) is 0. The van der Waals surface area contributed by atoms with Crippen molar-refractivity contribution in [3.63, 3.8) is 0 Å². The fourth-order valence-electron chi connectivity index (χ4n) is 0.718. The highest BCUT2D eigenvalue weighted by atomic mass is 19.3. The van der Waals surface area contributed by atoms with E-state index in [-0.39, 0.29) is 12.2 Å². The zero-order chi connectivity index (χ0) is 12.1. The Morgan fingerprint density at radius 1 is 1.40 bits per heavy atom. The van der Waals surface area contributed by atoms with E-state index in [4.69, 9.17) is 4.74 Å². The molecule has 0 bridgehead atoms. The Morgan fingerprint density at radius 2 is 1.93 bits per heavy atom. The topological polar surface area (TPSA) is 35.5 Å². The van der Waals surface area contributed by atoms with Crippen LogP contribution in [0.5, 0.6) is 0 Å². The molecule has 88 valence electrons. The first-order valence-electron chi connectivity index (χ1n) is 4.51. The number of hydrogen-bond acceptors (Lipinski definition) is 3. The van der Waals surface area contributed by atoms with Crippen LogP contribution in [0.2, 0.25) is 0 Å². The number of carbonyl (C=O) groups excluding carboxylic acids is 1. The molecule has 5 heteroatoms. The number of rotatable bonds is 4. The summed E-state index contributed by atoms with van der Waals surface area (Å²) in [4.78, 5) is 11.0. The zero-order valence-corrected chi connectivity index (χ0v) is 9.18. The summed E-state index contributed by atoms with van der Waals surface area (Å²) in [5, 5.41) is 0. The number of alkyl halides is 2. The predicted molar refractivity (Wildman–Crippen MR) is 51.9 cm³/mol. The standard InChI is InChI=1S/C10H16F2O3/c1-7(5-8(11)12)6-14-9(13)15-10(2,3)4/h8H,1,5-6H2,2-4H3. The van der Waals surface area contributed by atoms with E-state index in [9.17, 15) is 13.6 Å². The van der Waals surface area contributed by atoms with E-state index in [0.29, 0.717) is 0 Å². The lowest BCUT2D eigenvalue weighted by Gasteiger charge is -2.19. The first-order valence-corrected chi connectivity index (χ1v) is 4.51. The molecule has 0 radical (unpaired) electrons. The van der Waals surface area contributed by atoms with Gasteiger partial charge in [0.25, 0.3) is 0 Å². The van der Waals surface area contributed by atoms with Gasteiger partial charge in [-0.05, 0) is 26.3 Å². The molecule has 0 unspecified atom stereocenters. The van der Waals surface area contributed by atoms with Crippen LogP contribution < -0.4 is 0 Å². The highest BCUT2D eigenvalue weighted by molar-refractivity contribution is 5.60. The maximum atomic E-state index is 11.8. The third kappa shape index (κ3) is 9.18. The van der Waals surface area contributed by atoms with Gasteiger partial charge in [-0.15, -0.1) is 0 Å². The molecule has 0 aliphatic carbocycles. The SMILES string of the molecule is C=C(COC(=O)OC(C)(C)C)CC(F)F. The van der Waals surface area contributed by atoms with Gasteiger partial charge in [0.2, 0.25) is 6.43 Å². The molecule has 0 saturated heterocycles. The minimum absolute atomic E-state index is 0.163. The first-order chi connectivity index (χ1) is 6.70. The van der Waals surface area contributed by atoms with Crippen molar-refractivity contribution in [3.05, 3.63) is 12.2 Å². The number of ether oxygens (including phenoxy) is 2. The molecule has 0 saturated carbocycles. The lowest BCUT2D eigenvalue weighted by molar-refractivity contribution is -0.00441. The van der Waals surface area contributed by atoms with Gasteiger partial charge in [0, 0.05) is 6.42 Å². The number of carbonyl (C=O) groups is 1. The maximum absolute atomic E-state index is 11.8. The van der Waals surface area contributed by atoms with Crippen molar-refractivity contribution in [2.75, 3.05) is 6.61 Å². The van der Waals surface area contributed by atoms with Gasteiger partial charge >= 0.3 is 6.16 Å². The molecule has 0 atom stereocenters. The minimum atomic E-state index is -2.47. The van der Waals surface area contributed by atoms with E-state index >= 15 is 0 Å². The molecule has 3 nitrogen and oxygen atoms in total. The second kappa shape index (κ2) is 5.68. The Balaban J connectivity index is 3.77. The smallest absolute Gasteiger partial charge is 0.430 e. The molecule has 0 aliphatic heterocycles. The average Bonchev–Trinajstić information content (AvgIpc) is 1.96. The fraction of sp³-hybridized carbons (Fsp3) is 0.700. The Bertz CT molecular complexity index is 231. The van der Waals surface area contributed by atoms with E-state index in [1.165, 1.54) is 0 Å². The van der Waals surface area contributed by atoms with Crippen LogP contribution in [-0.4, -0.2) is 24.8 Å². The Morgan fingerprint density at radius 3 is 2.33 bits per heavy atom.